The number of carbonyl (C=O) groups excluding carboxylic acids is 1. The predicted octanol–water partition coefficient (Wildman–Crippen LogP) is 2.82. The van der Waals surface area contributed by atoms with Crippen molar-refractivity contribution >= 4 is 16.9 Å². The van der Waals surface area contributed by atoms with E-state index >= 15 is 0 Å². The molecule has 0 aliphatic heterocycles. The van der Waals surface area contributed by atoms with Crippen molar-refractivity contribution in [3.63, 3.8) is 0 Å². The number of aromatic nitrogens is 3. The third kappa shape index (κ3) is 3.69. The summed E-state index contributed by atoms with van der Waals surface area (Å²) < 4.78 is 0. The van der Waals surface area contributed by atoms with Gasteiger partial charge in [0.15, 0.2) is 5.65 Å². The normalized spacial score (nSPS) is 12.5. The minimum absolute atomic E-state index is 0.191. The fourth-order valence-corrected chi connectivity index (χ4v) is 2.69. The molecule has 6 heteroatoms. The second kappa shape index (κ2) is 7.03. The zero-order valence-electron chi connectivity index (χ0n) is 14.7. The van der Waals surface area contributed by atoms with Crippen LogP contribution in [0.1, 0.15) is 53.0 Å². The summed E-state index contributed by atoms with van der Waals surface area (Å²) in [5, 5.41) is 10.7. The number of nitrogens with two attached hydrogens (primary N) is 1. The average molecular weight is 337 g/mol. The minimum atomic E-state index is -0.252. The van der Waals surface area contributed by atoms with Crippen molar-refractivity contribution in [2.75, 3.05) is 6.54 Å². The number of fused-ring (bicyclic) bond motifs is 1. The molecule has 0 spiro atoms. The number of benzene rings is 1. The van der Waals surface area contributed by atoms with Gasteiger partial charge in [-0.2, -0.15) is 5.10 Å². The fourth-order valence-electron chi connectivity index (χ4n) is 2.69. The maximum atomic E-state index is 12.4. The van der Waals surface area contributed by atoms with Crippen LogP contribution in [0.15, 0.2) is 36.5 Å². The summed E-state index contributed by atoms with van der Waals surface area (Å²) in [6, 6.07) is 9.75. The van der Waals surface area contributed by atoms with E-state index in [1.54, 1.807) is 6.07 Å². The molecule has 2 aromatic heterocycles. The summed E-state index contributed by atoms with van der Waals surface area (Å²) in [7, 11) is 0. The van der Waals surface area contributed by atoms with Crippen LogP contribution in [0.2, 0.25) is 0 Å². The molecular formula is C19H23N5O. The number of hydrogen-bond acceptors (Lipinski definition) is 4. The molecule has 2 heterocycles. The van der Waals surface area contributed by atoms with Gasteiger partial charge in [0.1, 0.15) is 0 Å². The summed E-state index contributed by atoms with van der Waals surface area (Å²) in [4.78, 5) is 16.6. The lowest BCUT2D eigenvalue weighted by Crippen LogP contribution is -2.32. The number of rotatable bonds is 5. The first-order valence-electron chi connectivity index (χ1n) is 8.40. The molecule has 0 saturated heterocycles. The molecule has 130 valence electrons. The second-order valence-corrected chi connectivity index (χ2v) is 6.58. The molecule has 6 nitrogen and oxygen atoms in total. The van der Waals surface area contributed by atoms with Crippen LogP contribution in [0, 0.1) is 6.92 Å². The Morgan fingerprint density at radius 3 is 2.60 bits per heavy atom. The summed E-state index contributed by atoms with van der Waals surface area (Å²) in [5.74, 6) is 0.294. The van der Waals surface area contributed by atoms with E-state index in [1.165, 1.54) is 11.8 Å². The Labute approximate surface area is 146 Å². The van der Waals surface area contributed by atoms with E-state index in [9.17, 15) is 4.79 Å². The highest BCUT2D eigenvalue weighted by molar-refractivity contribution is 5.97. The molecule has 0 saturated carbocycles. The van der Waals surface area contributed by atoms with Crippen molar-refractivity contribution in [3.05, 3.63) is 58.9 Å². The molecule has 1 aromatic carbocycles. The van der Waals surface area contributed by atoms with Crippen molar-refractivity contribution in [3.8, 4) is 0 Å². The van der Waals surface area contributed by atoms with Crippen LogP contribution in [0.25, 0.3) is 11.0 Å². The molecule has 3 aromatic rings. The molecule has 25 heavy (non-hydrogen) atoms. The highest BCUT2D eigenvalue weighted by atomic mass is 16.1. The summed E-state index contributed by atoms with van der Waals surface area (Å²) >= 11 is 0. The van der Waals surface area contributed by atoms with Crippen LogP contribution >= 0.6 is 0 Å². The number of H-pyrrole nitrogens is 1. The quantitative estimate of drug-likeness (QED) is 0.667. The maximum absolute atomic E-state index is 12.4. The van der Waals surface area contributed by atoms with Crippen LogP contribution in [-0.4, -0.2) is 27.6 Å². The molecule has 1 amide bonds. The van der Waals surface area contributed by atoms with E-state index in [4.69, 9.17) is 5.73 Å². The largest absolute Gasteiger partial charge is 0.350 e. The maximum Gasteiger partial charge on any atom is 0.252 e. The zero-order valence-corrected chi connectivity index (χ0v) is 14.7. The van der Waals surface area contributed by atoms with Crippen LogP contribution in [0.4, 0.5) is 0 Å². The lowest BCUT2D eigenvalue weighted by atomic mass is 9.99. The van der Waals surface area contributed by atoms with E-state index in [2.05, 4.69) is 46.5 Å². The standard InChI is InChI=1S/C19H23N5O/c1-11(2)13-4-6-14(7-5-13)17(20)10-22-19(25)15-8-16-12(3)23-24-18(16)21-9-15/h4-9,11,17H,10,20H2,1-3H3,(H,22,25)(H,21,23,24). The van der Waals surface area contributed by atoms with E-state index in [0.717, 1.165) is 16.6 Å². The SMILES string of the molecule is Cc1[nH]nc2ncc(C(=O)NCC(N)c3ccc(C(C)C)cc3)cc12. The second-order valence-electron chi connectivity index (χ2n) is 6.58. The van der Waals surface area contributed by atoms with Gasteiger partial charge >= 0.3 is 0 Å². The van der Waals surface area contributed by atoms with Gasteiger partial charge in [0.2, 0.25) is 0 Å². The first-order valence-corrected chi connectivity index (χ1v) is 8.40. The monoisotopic (exact) mass is 337 g/mol. The first kappa shape index (κ1) is 17.1. The van der Waals surface area contributed by atoms with Crippen LogP contribution < -0.4 is 11.1 Å². The van der Waals surface area contributed by atoms with Gasteiger partial charge < -0.3 is 11.1 Å². The van der Waals surface area contributed by atoms with E-state index in [1.807, 2.05) is 19.1 Å². The molecule has 1 atom stereocenters. The number of nitrogens with zero attached hydrogens (tertiary/aromatic N) is 2. The summed E-state index contributed by atoms with van der Waals surface area (Å²) in [6.07, 6.45) is 1.53. The van der Waals surface area contributed by atoms with Crippen LogP contribution in [-0.2, 0) is 0 Å². The number of aryl methyl sites for hydroxylation is 1. The van der Waals surface area contributed by atoms with Gasteiger partial charge in [-0.3, -0.25) is 9.89 Å². The van der Waals surface area contributed by atoms with Crippen molar-refractivity contribution in [1.82, 2.24) is 20.5 Å². The van der Waals surface area contributed by atoms with Crippen LogP contribution in [0.3, 0.4) is 0 Å². The molecular weight excluding hydrogens is 314 g/mol. The van der Waals surface area contributed by atoms with Gasteiger partial charge in [-0.25, -0.2) is 4.98 Å². The molecule has 0 aliphatic carbocycles. The summed E-state index contributed by atoms with van der Waals surface area (Å²) in [5.41, 5.74) is 10.5. The Morgan fingerprint density at radius 1 is 1.24 bits per heavy atom. The number of hydrogen-bond donors (Lipinski definition) is 3. The zero-order chi connectivity index (χ0) is 18.0. The smallest absolute Gasteiger partial charge is 0.252 e. The molecule has 4 N–H and O–H groups in total. The Bertz CT molecular complexity index is 882. The highest BCUT2D eigenvalue weighted by Crippen LogP contribution is 2.18. The number of nitrogens with one attached hydrogen (secondary N) is 2. The molecule has 0 bridgehead atoms. The number of pyridine rings is 1. The van der Waals surface area contributed by atoms with Crippen molar-refractivity contribution in [2.24, 2.45) is 5.73 Å². The van der Waals surface area contributed by atoms with Gasteiger partial charge in [0, 0.05) is 29.9 Å². The minimum Gasteiger partial charge on any atom is -0.350 e. The van der Waals surface area contributed by atoms with Gasteiger partial charge in [0.05, 0.1) is 5.56 Å². The Balaban J connectivity index is 1.65. The van der Waals surface area contributed by atoms with Crippen molar-refractivity contribution in [1.29, 1.82) is 0 Å². The Hall–Kier alpha value is -2.73. The van der Waals surface area contributed by atoms with Gasteiger partial charge in [-0.15, -0.1) is 0 Å². The van der Waals surface area contributed by atoms with Gasteiger partial charge in [0.25, 0.3) is 5.91 Å². The molecule has 3 rings (SSSR count). The average Bonchev–Trinajstić information content (AvgIpc) is 3.00. The third-order valence-corrected chi connectivity index (χ3v) is 4.38. The molecule has 0 aliphatic rings. The van der Waals surface area contributed by atoms with Crippen molar-refractivity contribution in [2.45, 2.75) is 32.7 Å². The third-order valence-electron chi connectivity index (χ3n) is 4.38. The number of aromatic amines is 1. The lowest BCUT2D eigenvalue weighted by molar-refractivity contribution is 0.0951. The summed E-state index contributed by atoms with van der Waals surface area (Å²) in [6.45, 7) is 6.57. The Kier molecular flexibility index (Phi) is 4.81. The van der Waals surface area contributed by atoms with Gasteiger partial charge in [-0.05, 0) is 30.0 Å². The van der Waals surface area contributed by atoms with E-state index < -0.39 is 0 Å². The highest BCUT2D eigenvalue weighted by Gasteiger charge is 2.12. The lowest BCUT2D eigenvalue weighted by Gasteiger charge is -2.14. The predicted molar refractivity (Wildman–Crippen MR) is 98.4 cm³/mol. The van der Waals surface area contributed by atoms with Gasteiger partial charge in [-0.1, -0.05) is 38.1 Å². The Morgan fingerprint density at radius 2 is 1.92 bits per heavy atom. The topological polar surface area (TPSA) is 96.7 Å². The number of carbonyl (C=O) groups is 1. The van der Waals surface area contributed by atoms with E-state index in [0.29, 0.717) is 23.7 Å². The fraction of sp³-hybridized carbons (Fsp3) is 0.316. The van der Waals surface area contributed by atoms with E-state index in [-0.39, 0.29) is 11.9 Å². The van der Waals surface area contributed by atoms with Crippen LogP contribution in [0.5, 0.6) is 0 Å². The number of amides is 1. The molecule has 0 fully saturated rings. The first-order chi connectivity index (χ1) is 12.0. The molecule has 0 radical (unpaired) electrons. The molecule has 1 unspecified atom stereocenters. The van der Waals surface area contributed by atoms with Crippen molar-refractivity contribution < 1.29 is 4.79 Å².